The largest absolute Gasteiger partial charge is 0.0622 e. The van der Waals surface area contributed by atoms with Gasteiger partial charge in [-0.15, -0.1) is 0 Å². The fourth-order valence-electron chi connectivity index (χ4n) is 3.01. The van der Waals surface area contributed by atoms with Crippen molar-refractivity contribution in [1.82, 2.24) is 0 Å². The SMILES string of the molecule is CC(C)c1ccc(-c2cc(-c3ccccc3)cc(C(C)C)c2)cc1. The van der Waals surface area contributed by atoms with Crippen molar-refractivity contribution >= 4 is 0 Å². The Bertz CT molecular complexity index is 793. The topological polar surface area (TPSA) is 0 Å². The highest BCUT2D eigenvalue weighted by Gasteiger charge is 2.08. The summed E-state index contributed by atoms with van der Waals surface area (Å²) in [6.07, 6.45) is 0. The molecule has 3 aromatic carbocycles. The first-order valence-corrected chi connectivity index (χ1v) is 8.85. The van der Waals surface area contributed by atoms with E-state index in [1.165, 1.54) is 33.4 Å². The normalized spacial score (nSPS) is 11.2. The molecule has 0 aliphatic heterocycles. The van der Waals surface area contributed by atoms with Crippen molar-refractivity contribution in [3.05, 3.63) is 83.9 Å². The van der Waals surface area contributed by atoms with Crippen LogP contribution in [0.1, 0.15) is 50.7 Å². The van der Waals surface area contributed by atoms with Crippen molar-refractivity contribution in [2.24, 2.45) is 0 Å². The van der Waals surface area contributed by atoms with Crippen molar-refractivity contribution in [2.75, 3.05) is 0 Å². The third-order valence-electron chi connectivity index (χ3n) is 4.64. The lowest BCUT2D eigenvalue weighted by Gasteiger charge is -2.14. The van der Waals surface area contributed by atoms with Gasteiger partial charge in [-0.05, 0) is 51.3 Å². The molecule has 122 valence electrons. The van der Waals surface area contributed by atoms with Gasteiger partial charge < -0.3 is 0 Å². The number of benzene rings is 3. The summed E-state index contributed by atoms with van der Waals surface area (Å²) in [6, 6.07) is 26.6. The standard InChI is InChI=1S/C24H26/c1-17(2)19-10-12-21(13-11-19)24-15-22(18(3)4)14-23(16-24)20-8-6-5-7-9-20/h5-18H,1-4H3. The molecule has 0 amide bonds. The minimum atomic E-state index is 0.516. The molecule has 0 N–H and O–H groups in total. The van der Waals surface area contributed by atoms with E-state index in [0.717, 1.165) is 0 Å². The van der Waals surface area contributed by atoms with Crippen LogP contribution in [0.2, 0.25) is 0 Å². The lowest BCUT2D eigenvalue weighted by molar-refractivity contribution is 0.866. The van der Waals surface area contributed by atoms with E-state index >= 15 is 0 Å². The Labute approximate surface area is 146 Å². The van der Waals surface area contributed by atoms with Crippen LogP contribution in [0.25, 0.3) is 22.3 Å². The van der Waals surface area contributed by atoms with Crippen molar-refractivity contribution in [2.45, 2.75) is 39.5 Å². The molecule has 3 rings (SSSR count). The first-order valence-electron chi connectivity index (χ1n) is 8.85. The van der Waals surface area contributed by atoms with Crippen molar-refractivity contribution in [1.29, 1.82) is 0 Å². The van der Waals surface area contributed by atoms with Crippen molar-refractivity contribution in [3.8, 4) is 22.3 Å². The zero-order chi connectivity index (χ0) is 17.1. The summed E-state index contributed by atoms with van der Waals surface area (Å²) in [5.74, 6) is 1.09. The summed E-state index contributed by atoms with van der Waals surface area (Å²) in [7, 11) is 0. The second-order valence-electron chi connectivity index (χ2n) is 7.14. The summed E-state index contributed by atoms with van der Waals surface area (Å²) < 4.78 is 0. The van der Waals surface area contributed by atoms with Gasteiger partial charge in [-0.1, -0.05) is 94.4 Å². The Balaban J connectivity index is 2.08. The van der Waals surface area contributed by atoms with Gasteiger partial charge >= 0.3 is 0 Å². The molecule has 0 saturated heterocycles. The van der Waals surface area contributed by atoms with E-state index in [2.05, 4.69) is 100 Å². The summed E-state index contributed by atoms with van der Waals surface area (Å²) in [5.41, 5.74) is 7.94. The highest BCUT2D eigenvalue weighted by molar-refractivity contribution is 5.74. The van der Waals surface area contributed by atoms with Crippen LogP contribution in [0.15, 0.2) is 72.8 Å². The summed E-state index contributed by atoms with van der Waals surface area (Å²) in [4.78, 5) is 0. The van der Waals surface area contributed by atoms with Crippen LogP contribution in [-0.2, 0) is 0 Å². The quantitative estimate of drug-likeness (QED) is 0.475. The second-order valence-corrected chi connectivity index (χ2v) is 7.14. The lowest BCUT2D eigenvalue weighted by atomic mass is 9.91. The Morgan fingerprint density at radius 1 is 0.458 bits per heavy atom. The van der Waals surface area contributed by atoms with Crippen LogP contribution in [0.3, 0.4) is 0 Å². The van der Waals surface area contributed by atoms with Crippen LogP contribution in [0.5, 0.6) is 0 Å². The molecule has 24 heavy (non-hydrogen) atoms. The predicted octanol–water partition coefficient (Wildman–Crippen LogP) is 7.27. The molecule has 0 radical (unpaired) electrons. The molecule has 0 fully saturated rings. The third kappa shape index (κ3) is 3.59. The molecule has 0 spiro atoms. The zero-order valence-electron chi connectivity index (χ0n) is 15.1. The van der Waals surface area contributed by atoms with Crippen molar-refractivity contribution < 1.29 is 0 Å². The zero-order valence-corrected chi connectivity index (χ0v) is 15.1. The first-order chi connectivity index (χ1) is 11.5. The van der Waals surface area contributed by atoms with Gasteiger partial charge in [0.1, 0.15) is 0 Å². The molecular formula is C24H26. The van der Waals surface area contributed by atoms with E-state index in [0.29, 0.717) is 11.8 Å². The number of hydrogen-bond donors (Lipinski definition) is 0. The van der Waals surface area contributed by atoms with Crippen LogP contribution < -0.4 is 0 Å². The molecule has 0 atom stereocenters. The van der Waals surface area contributed by atoms with Gasteiger partial charge in [0.05, 0.1) is 0 Å². The summed E-state index contributed by atoms with van der Waals surface area (Å²) in [6.45, 7) is 9.00. The number of hydrogen-bond acceptors (Lipinski definition) is 0. The third-order valence-corrected chi connectivity index (χ3v) is 4.64. The minimum absolute atomic E-state index is 0.516. The van der Waals surface area contributed by atoms with Crippen LogP contribution in [-0.4, -0.2) is 0 Å². The maximum absolute atomic E-state index is 2.33. The van der Waals surface area contributed by atoms with E-state index in [9.17, 15) is 0 Å². The Hall–Kier alpha value is -2.34. The molecule has 0 nitrogen and oxygen atoms in total. The molecule has 0 aliphatic carbocycles. The van der Waals surface area contributed by atoms with Gasteiger partial charge in [0.25, 0.3) is 0 Å². The fraction of sp³-hybridized carbons (Fsp3) is 0.250. The number of rotatable bonds is 4. The van der Waals surface area contributed by atoms with Gasteiger partial charge in [-0.2, -0.15) is 0 Å². The minimum Gasteiger partial charge on any atom is -0.0622 e. The predicted molar refractivity (Wildman–Crippen MR) is 105 cm³/mol. The van der Waals surface area contributed by atoms with Crippen LogP contribution >= 0.6 is 0 Å². The average molecular weight is 314 g/mol. The molecule has 0 bridgehead atoms. The Kier molecular flexibility index (Phi) is 4.85. The highest BCUT2D eigenvalue weighted by atomic mass is 14.1. The molecule has 0 heterocycles. The van der Waals surface area contributed by atoms with Gasteiger partial charge in [-0.25, -0.2) is 0 Å². The summed E-state index contributed by atoms with van der Waals surface area (Å²) in [5, 5.41) is 0. The van der Waals surface area contributed by atoms with E-state index in [1.807, 2.05) is 0 Å². The maximum Gasteiger partial charge on any atom is -0.0175 e. The molecular weight excluding hydrogens is 288 g/mol. The van der Waals surface area contributed by atoms with Gasteiger partial charge in [-0.3, -0.25) is 0 Å². The van der Waals surface area contributed by atoms with E-state index in [4.69, 9.17) is 0 Å². The molecule has 0 aliphatic rings. The molecule has 0 heteroatoms. The fourth-order valence-corrected chi connectivity index (χ4v) is 3.01. The Morgan fingerprint density at radius 2 is 0.958 bits per heavy atom. The van der Waals surface area contributed by atoms with Gasteiger partial charge in [0.15, 0.2) is 0 Å². The van der Waals surface area contributed by atoms with Crippen LogP contribution in [0.4, 0.5) is 0 Å². The molecule has 0 unspecified atom stereocenters. The second kappa shape index (κ2) is 7.05. The molecule has 0 aromatic heterocycles. The van der Waals surface area contributed by atoms with E-state index < -0.39 is 0 Å². The van der Waals surface area contributed by atoms with Gasteiger partial charge in [0, 0.05) is 0 Å². The highest BCUT2D eigenvalue weighted by Crippen LogP contribution is 2.31. The lowest BCUT2D eigenvalue weighted by Crippen LogP contribution is -1.92. The van der Waals surface area contributed by atoms with E-state index in [1.54, 1.807) is 0 Å². The van der Waals surface area contributed by atoms with E-state index in [-0.39, 0.29) is 0 Å². The van der Waals surface area contributed by atoms with Crippen molar-refractivity contribution in [3.63, 3.8) is 0 Å². The van der Waals surface area contributed by atoms with Gasteiger partial charge in [0.2, 0.25) is 0 Å². The molecule has 0 saturated carbocycles. The maximum atomic E-state index is 2.33. The monoisotopic (exact) mass is 314 g/mol. The molecule has 3 aromatic rings. The Morgan fingerprint density at radius 3 is 1.46 bits per heavy atom. The summed E-state index contributed by atoms with van der Waals surface area (Å²) >= 11 is 0. The average Bonchev–Trinajstić information content (AvgIpc) is 2.62. The smallest absolute Gasteiger partial charge is 0.0175 e. The van der Waals surface area contributed by atoms with Crippen LogP contribution in [0, 0.1) is 0 Å². The first kappa shape index (κ1) is 16.5.